The molecule has 0 aliphatic carbocycles. The second kappa shape index (κ2) is 6.07. The van der Waals surface area contributed by atoms with Gasteiger partial charge in [-0.1, -0.05) is 12.1 Å². The molecule has 2 rings (SSSR count). The Kier molecular flexibility index (Phi) is 4.45. The zero-order valence-electron chi connectivity index (χ0n) is 9.76. The number of thioether (sulfide) groups is 1. The van der Waals surface area contributed by atoms with Crippen LogP contribution in [0, 0.1) is 0 Å². The molecule has 1 aliphatic heterocycles. The smallest absolute Gasteiger partial charge is 0.227 e. The Morgan fingerprint density at radius 3 is 3.00 bits per heavy atom. The summed E-state index contributed by atoms with van der Waals surface area (Å²) in [6, 6.07) is 8.04. The highest BCUT2D eigenvalue weighted by Gasteiger charge is 2.21. The number of amides is 1. The Bertz CT molecular complexity index is 395. The minimum atomic E-state index is 0.166. The van der Waals surface area contributed by atoms with Gasteiger partial charge < -0.3 is 10.0 Å². The number of rotatable bonds is 4. The molecule has 4 heteroatoms. The van der Waals surface area contributed by atoms with E-state index in [0.29, 0.717) is 12.8 Å². The summed E-state index contributed by atoms with van der Waals surface area (Å²) in [5.74, 6) is 1.13. The Balaban J connectivity index is 2.05. The van der Waals surface area contributed by atoms with Crippen molar-refractivity contribution in [3.8, 4) is 0 Å². The molecule has 0 saturated heterocycles. The SMILES string of the molecule is O=C(CCCCO)N1CCSc2ccccc21. The topological polar surface area (TPSA) is 40.5 Å². The second-order valence-corrected chi connectivity index (χ2v) is 5.18. The molecule has 1 aliphatic rings. The van der Waals surface area contributed by atoms with Crippen LogP contribution in [0.25, 0.3) is 0 Å². The Hall–Kier alpha value is -1.00. The fraction of sp³-hybridized carbons (Fsp3) is 0.462. The summed E-state index contributed by atoms with van der Waals surface area (Å²) >= 11 is 1.80. The number of para-hydroxylation sites is 1. The van der Waals surface area contributed by atoms with Crippen LogP contribution >= 0.6 is 11.8 Å². The fourth-order valence-electron chi connectivity index (χ4n) is 1.95. The van der Waals surface area contributed by atoms with Crippen molar-refractivity contribution in [2.75, 3.05) is 23.8 Å². The Morgan fingerprint density at radius 1 is 1.35 bits per heavy atom. The standard InChI is InChI=1S/C13H17NO2S/c15-9-4-3-7-13(16)14-8-10-17-12-6-2-1-5-11(12)14/h1-2,5-6,15H,3-4,7-10H2. The fourth-order valence-corrected chi connectivity index (χ4v) is 2.95. The largest absolute Gasteiger partial charge is 0.396 e. The third-order valence-corrected chi connectivity index (χ3v) is 3.87. The van der Waals surface area contributed by atoms with Crippen LogP contribution in [0.1, 0.15) is 19.3 Å². The van der Waals surface area contributed by atoms with E-state index in [1.54, 1.807) is 11.8 Å². The predicted octanol–water partition coefficient (Wildman–Crippen LogP) is 2.29. The molecule has 0 radical (unpaired) electrons. The van der Waals surface area contributed by atoms with Crippen molar-refractivity contribution in [1.82, 2.24) is 0 Å². The summed E-state index contributed by atoms with van der Waals surface area (Å²) in [6.45, 7) is 0.958. The van der Waals surface area contributed by atoms with Crippen molar-refractivity contribution in [3.05, 3.63) is 24.3 Å². The van der Waals surface area contributed by atoms with Gasteiger partial charge in [0.2, 0.25) is 5.91 Å². The predicted molar refractivity (Wildman–Crippen MR) is 70.5 cm³/mol. The van der Waals surface area contributed by atoms with Crippen LogP contribution in [0.3, 0.4) is 0 Å². The number of unbranched alkanes of at least 4 members (excludes halogenated alkanes) is 1. The van der Waals surface area contributed by atoms with E-state index in [4.69, 9.17) is 5.11 Å². The number of hydrogen-bond donors (Lipinski definition) is 1. The lowest BCUT2D eigenvalue weighted by molar-refractivity contribution is -0.118. The molecule has 1 amide bonds. The van der Waals surface area contributed by atoms with E-state index in [0.717, 1.165) is 24.4 Å². The third kappa shape index (κ3) is 3.01. The van der Waals surface area contributed by atoms with Gasteiger partial charge in [-0.2, -0.15) is 0 Å². The van der Waals surface area contributed by atoms with Crippen LogP contribution in [-0.4, -0.2) is 29.9 Å². The summed E-state index contributed by atoms with van der Waals surface area (Å²) < 4.78 is 0. The highest BCUT2D eigenvalue weighted by atomic mass is 32.2. The van der Waals surface area contributed by atoms with E-state index in [-0.39, 0.29) is 12.5 Å². The molecule has 0 spiro atoms. The van der Waals surface area contributed by atoms with Gasteiger partial charge >= 0.3 is 0 Å². The molecule has 17 heavy (non-hydrogen) atoms. The quantitative estimate of drug-likeness (QED) is 0.835. The average Bonchev–Trinajstić information content (AvgIpc) is 2.38. The first-order chi connectivity index (χ1) is 8.33. The molecule has 1 N–H and O–H groups in total. The molecule has 0 saturated carbocycles. The summed E-state index contributed by atoms with van der Waals surface area (Å²) in [5, 5.41) is 8.72. The van der Waals surface area contributed by atoms with Gasteiger partial charge in [-0.3, -0.25) is 4.79 Å². The summed E-state index contributed by atoms with van der Waals surface area (Å²) in [7, 11) is 0. The number of aliphatic hydroxyl groups is 1. The highest BCUT2D eigenvalue weighted by molar-refractivity contribution is 7.99. The van der Waals surface area contributed by atoms with Crippen molar-refractivity contribution < 1.29 is 9.90 Å². The molecule has 1 aromatic carbocycles. The van der Waals surface area contributed by atoms with E-state index < -0.39 is 0 Å². The number of carbonyl (C=O) groups excluding carboxylic acids is 1. The van der Waals surface area contributed by atoms with Gasteiger partial charge in [0.25, 0.3) is 0 Å². The van der Waals surface area contributed by atoms with Crippen molar-refractivity contribution in [2.24, 2.45) is 0 Å². The van der Waals surface area contributed by atoms with Gasteiger partial charge in [-0.05, 0) is 25.0 Å². The van der Waals surface area contributed by atoms with Crippen molar-refractivity contribution in [3.63, 3.8) is 0 Å². The first kappa shape index (κ1) is 12.5. The molecular weight excluding hydrogens is 234 g/mol. The molecule has 0 aromatic heterocycles. The molecule has 92 valence electrons. The number of benzene rings is 1. The van der Waals surface area contributed by atoms with Gasteiger partial charge in [0.15, 0.2) is 0 Å². The van der Waals surface area contributed by atoms with Gasteiger partial charge in [0, 0.05) is 30.2 Å². The van der Waals surface area contributed by atoms with E-state index in [1.807, 2.05) is 23.1 Å². The number of nitrogens with zero attached hydrogens (tertiary/aromatic N) is 1. The van der Waals surface area contributed by atoms with Gasteiger partial charge in [-0.25, -0.2) is 0 Å². The van der Waals surface area contributed by atoms with E-state index >= 15 is 0 Å². The van der Waals surface area contributed by atoms with Crippen LogP contribution in [0.15, 0.2) is 29.2 Å². The lowest BCUT2D eigenvalue weighted by atomic mass is 10.2. The molecule has 0 bridgehead atoms. The van der Waals surface area contributed by atoms with Crippen molar-refractivity contribution in [2.45, 2.75) is 24.2 Å². The van der Waals surface area contributed by atoms with Crippen molar-refractivity contribution in [1.29, 1.82) is 0 Å². The number of anilines is 1. The lowest BCUT2D eigenvalue weighted by Gasteiger charge is -2.29. The van der Waals surface area contributed by atoms with Crippen LogP contribution in [0.5, 0.6) is 0 Å². The Morgan fingerprint density at radius 2 is 2.18 bits per heavy atom. The normalized spacial score (nSPS) is 14.5. The van der Waals surface area contributed by atoms with E-state index in [9.17, 15) is 4.79 Å². The van der Waals surface area contributed by atoms with Gasteiger partial charge in [-0.15, -0.1) is 11.8 Å². The summed E-state index contributed by atoms with van der Waals surface area (Å²) in [4.78, 5) is 15.1. The second-order valence-electron chi connectivity index (χ2n) is 4.04. The number of fused-ring (bicyclic) bond motifs is 1. The van der Waals surface area contributed by atoms with Gasteiger partial charge in [0.1, 0.15) is 0 Å². The zero-order chi connectivity index (χ0) is 12.1. The molecule has 1 aromatic rings. The number of hydrogen-bond acceptors (Lipinski definition) is 3. The maximum atomic E-state index is 12.1. The number of carbonyl (C=O) groups is 1. The highest BCUT2D eigenvalue weighted by Crippen LogP contribution is 2.34. The van der Waals surface area contributed by atoms with Crippen LogP contribution < -0.4 is 4.90 Å². The maximum Gasteiger partial charge on any atom is 0.227 e. The Labute approximate surface area is 106 Å². The minimum Gasteiger partial charge on any atom is -0.396 e. The molecule has 0 fully saturated rings. The molecule has 1 heterocycles. The zero-order valence-corrected chi connectivity index (χ0v) is 10.6. The monoisotopic (exact) mass is 251 g/mol. The van der Waals surface area contributed by atoms with Gasteiger partial charge in [0.05, 0.1) is 5.69 Å². The summed E-state index contributed by atoms with van der Waals surface area (Å²) in [5.41, 5.74) is 1.04. The maximum absolute atomic E-state index is 12.1. The summed E-state index contributed by atoms with van der Waals surface area (Å²) in [6.07, 6.45) is 2.00. The van der Waals surface area contributed by atoms with E-state index in [1.165, 1.54) is 4.90 Å². The van der Waals surface area contributed by atoms with Crippen LogP contribution in [-0.2, 0) is 4.79 Å². The third-order valence-electron chi connectivity index (χ3n) is 2.83. The molecule has 3 nitrogen and oxygen atoms in total. The molecular formula is C13H17NO2S. The molecule has 0 atom stereocenters. The first-order valence-corrected chi connectivity index (χ1v) is 6.94. The lowest BCUT2D eigenvalue weighted by Crippen LogP contribution is -2.35. The van der Waals surface area contributed by atoms with E-state index in [2.05, 4.69) is 6.07 Å². The van der Waals surface area contributed by atoms with Crippen LogP contribution in [0.2, 0.25) is 0 Å². The number of aliphatic hydroxyl groups excluding tert-OH is 1. The first-order valence-electron chi connectivity index (χ1n) is 5.96. The molecule has 0 unspecified atom stereocenters. The minimum absolute atomic E-state index is 0.166. The average molecular weight is 251 g/mol. The van der Waals surface area contributed by atoms with Crippen LogP contribution in [0.4, 0.5) is 5.69 Å². The van der Waals surface area contributed by atoms with Crippen molar-refractivity contribution >= 4 is 23.4 Å².